The Morgan fingerprint density at radius 3 is 2.65 bits per heavy atom. The van der Waals surface area contributed by atoms with Gasteiger partial charge in [-0.05, 0) is 47.0 Å². The number of carbonyl (C=O) groups excluding carboxylic acids is 1. The SMILES string of the molecule is O=C(O)C1CCCCCN1C(=O)c1ccc(Br)c(O)c1. The van der Waals surface area contributed by atoms with Gasteiger partial charge in [0.1, 0.15) is 11.8 Å². The van der Waals surface area contributed by atoms with Crippen LogP contribution in [-0.4, -0.2) is 39.6 Å². The molecule has 0 spiro atoms. The van der Waals surface area contributed by atoms with Crippen LogP contribution in [0, 0.1) is 0 Å². The Bertz CT molecular complexity index is 532. The van der Waals surface area contributed by atoms with Crippen LogP contribution < -0.4 is 0 Å². The van der Waals surface area contributed by atoms with Gasteiger partial charge in [-0.25, -0.2) is 4.79 Å². The summed E-state index contributed by atoms with van der Waals surface area (Å²) in [5, 5.41) is 18.9. The summed E-state index contributed by atoms with van der Waals surface area (Å²) in [6.07, 6.45) is 3.02. The highest BCUT2D eigenvalue weighted by Gasteiger charge is 2.31. The van der Waals surface area contributed by atoms with E-state index in [1.807, 2.05) is 0 Å². The molecular formula is C14H16BrNO4. The van der Waals surface area contributed by atoms with Crippen molar-refractivity contribution in [2.75, 3.05) is 6.54 Å². The lowest BCUT2D eigenvalue weighted by molar-refractivity contribution is -0.142. The van der Waals surface area contributed by atoms with E-state index in [1.54, 1.807) is 12.1 Å². The molecule has 2 N–H and O–H groups in total. The highest BCUT2D eigenvalue weighted by atomic mass is 79.9. The average molecular weight is 342 g/mol. The summed E-state index contributed by atoms with van der Waals surface area (Å²) in [6, 6.07) is 3.73. The molecule has 1 fully saturated rings. The van der Waals surface area contributed by atoms with Crippen molar-refractivity contribution in [3.05, 3.63) is 28.2 Å². The number of nitrogens with zero attached hydrogens (tertiary/aromatic N) is 1. The van der Waals surface area contributed by atoms with Crippen LogP contribution in [0.2, 0.25) is 0 Å². The van der Waals surface area contributed by atoms with Crippen molar-refractivity contribution >= 4 is 27.8 Å². The van der Waals surface area contributed by atoms with Gasteiger partial charge in [-0.15, -0.1) is 0 Å². The maximum atomic E-state index is 12.5. The van der Waals surface area contributed by atoms with Crippen molar-refractivity contribution in [1.29, 1.82) is 0 Å². The zero-order valence-electron chi connectivity index (χ0n) is 10.9. The standard InChI is InChI=1S/C14H16BrNO4/c15-10-6-5-9(8-12(10)17)13(18)16-7-3-1-2-4-11(16)14(19)20/h5-6,8,11,17H,1-4,7H2,(H,19,20). The first kappa shape index (κ1) is 14.8. The third-order valence-corrected chi connectivity index (χ3v) is 4.16. The van der Waals surface area contributed by atoms with E-state index in [0.717, 1.165) is 19.3 Å². The second kappa shape index (κ2) is 6.26. The molecule has 1 atom stereocenters. The first-order valence-electron chi connectivity index (χ1n) is 6.53. The van der Waals surface area contributed by atoms with Gasteiger partial charge in [-0.1, -0.05) is 12.8 Å². The molecule has 0 radical (unpaired) electrons. The molecule has 0 saturated carbocycles. The lowest BCUT2D eigenvalue weighted by atomic mass is 10.1. The molecule has 1 aromatic rings. The topological polar surface area (TPSA) is 77.8 Å². The lowest BCUT2D eigenvalue weighted by Gasteiger charge is -2.27. The molecule has 108 valence electrons. The Kier molecular flexibility index (Phi) is 4.65. The largest absolute Gasteiger partial charge is 0.507 e. The van der Waals surface area contributed by atoms with Gasteiger partial charge < -0.3 is 15.1 Å². The molecule has 1 aliphatic heterocycles. The molecule has 0 bridgehead atoms. The number of rotatable bonds is 2. The molecule has 5 nitrogen and oxygen atoms in total. The fraction of sp³-hybridized carbons (Fsp3) is 0.429. The number of amides is 1. The molecule has 1 saturated heterocycles. The molecule has 20 heavy (non-hydrogen) atoms. The minimum Gasteiger partial charge on any atom is -0.507 e. The van der Waals surface area contributed by atoms with Gasteiger partial charge >= 0.3 is 5.97 Å². The van der Waals surface area contributed by atoms with E-state index in [0.29, 0.717) is 23.0 Å². The number of phenols is 1. The number of hydrogen-bond donors (Lipinski definition) is 2. The van der Waals surface area contributed by atoms with Crippen LogP contribution in [0.5, 0.6) is 5.75 Å². The van der Waals surface area contributed by atoms with Gasteiger partial charge in [0, 0.05) is 12.1 Å². The molecule has 6 heteroatoms. The summed E-state index contributed by atoms with van der Waals surface area (Å²) >= 11 is 3.15. The van der Waals surface area contributed by atoms with E-state index in [-0.39, 0.29) is 11.7 Å². The van der Waals surface area contributed by atoms with Gasteiger partial charge in [0.25, 0.3) is 5.91 Å². The van der Waals surface area contributed by atoms with Crippen molar-refractivity contribution in [3.63, 3.8) is 0 Å². The number of aromatic hydroxyl groups is 1. The number of likely N-dealkylation sites (tertiary alicyclic amines) is 1. The predicted octanol–water partition coefficient (Wildman–Crippen LogP) is 2.62. The summed E-state index contributed by atoms with van der Waals surface area (Å²) in [5.41, 5.74) is 0.304. The van der Waals surface area contributed by atoms with Gasteiger partial charge in [-0.2, -0.15) is 0 Å². The minimum absolute atomic E-state index is 0.0300. The van der Waals surface area contributed by atoms with Gasteiger partial charge in [0.05, 0.1) is 4.47 Å². The highest BCUT2D eigenvalue weighted by Crippen LogP contribution is 2.26. The molecular weight excluding hydrogens is 326 g/mol. The smallest absolute Gasteiger partial charge is 0.326 e. The van der Waals surface area contributed by atoms with Crippen LogP contribution in [0.3, 0.4) is 0 Å². The molecule has 1 aliphatic rings. The Labute approximate surface area is 125 Å². The summed E-state index contributed by atoms with van der Waals surface area (Å²) in [7, 11) is 0. The first-order chi connectivity index (χ1) is 9.50. The average Bonchev–Trinajstić information content (AvgIpc) is 2.66. The minimum atomic E-state index is -0.971. The van der Waals surface area contributed by atoms with E-state index in [1.165, 1.54) is 11.0 Å². The second-order valence-corrected chi connectivity index (χ2v) is 5.72. The van der Waals surface area contributed by atoms with Gasteiger partial charge in [0.2, 0.25) is 0 Å². The van der Waals surface area contributed by atoms with E-state index >= 15 is 0 Å². The number of benzene rings is 1. The first-order valence-corrected chi connectivity index (χ1v) is 7.32. The van der Waals surface area contributed by atoms with Gasteiger partial charge in [-0.3, -0.25) is 4.79 Å². The molecule has 0 aliphatic carbocycles. The van der Waals surface area contributed by atoms with Crippen LogP contribution >= 0.6 is 15.9 Å². The Morgan fingerprint density at radius 1 is 1.25 bits per heavy atom. The van der Waals surface area contributed by atoms with Crippen LogP contribution in [0.1, 0.15) is 36.0 Å². The number of carbonyl (C=O) groups is 2. The predicted molar refractivity (Wildman–Crippen MR) is 76.7 cm³/mol. The van der Waals surface area contributed by atoms with Crippen molar-refractivity contribution < 1.29 is 19.8 Å². The van der Waals surface area contributed by atoms with E-state index < -0.39 is 12.0 Å². The van der Waals surface area contributed by atoms with E-state index in [9.17, 15) is 19.8 Å². The number of phenolic OH excluding ortho intramolecular Hbond substituents is 1. The van der Waals surface area contributed by atoms with Crippen molar-refractivity contribution in [1.82, 2.24) is 4.90 Å². The number of carboxylic acid groups (broad SMARTS) is 1. The zero-order chi connectivity index (χ0) is 14.7. The van der Waals surface area contributed by atoms with Crippen molar-refractivity contribution in [2.24, 2.45) is 0 Å². The highest BCUT2D eigenvalue weighted by molar-refractivity contribution is 9.10. The maximum absolute atomic E-state index is 12.5. The third-order valence-electron chi connectivity index (χ3n) is 3.49. The second-order valence-electron chi connectivity index (χ2n) is 4.87. The van der Waals surface area contributed by atoms with Crippen LogP contribution in [0.15, 0.2) is 22.7 Å². The van der Waals surface area contributed by atoms with E-state index in [4.69, 9.17) is 0 Å². The van der Waals surface area contributed by atoms with Crippen molar-refractivity contribution in [3.8, 4) is 5.75 Å². The molecule has 1 heterocycles. The number of aliphatic carboxylic acids is 1. The van der Waals surface area contributed by atoms with Crippen LogP contribution in [0.25, 0.3) is 0 Å². The molecule has 1 aromatic carbocycles. The van der Waals surface area contributed by atoms with Crippen LogP contribution in [0.4, 0.5) is 0 Å². The normalized spacial score (nSPS) is 19.4. The van der Waals surface area contributed by atoms with Crippen LogP contribution in [-0.2, 0) is 4.79 Å². The Balaban J connectivity index is 2.28. The molecule has 1 amide bonds. The fourth-order valence-corrected chi connectivity index (χ4v) is 2.67. The van der Waals surface area contributed by atoms with E-state index in [2.05, 4.69) is 15.9 Å². The summed E-state index contributed by atoms with van der Waals surface area (Å²) < 4.78 is 0.500. The number of carboxylic acids is 1. The summed E-state index contributed by atoms with van der Waals surface area (Å²) in [5.74, 6) is -1.35. The molecule has 0 aromatic heterocycles. The quantitative estimate of drug-likeness (QED) is 0.866. The number of hydrogen-bond acceptors (Lipinski definition) is 3. The molecule has 1 unspecified atom stereocenters. The molecule has 2 rings (SSSR count). The zero-order valence-corrected chi connectivity index (χ0v) is 12.5. The third kappa shape index (κ3) is 3.12. The maximum Gasteiger partial charge on any atom is 0.326 e. The lowest BCUT2D eigenvalue weighted by Crippen LogP contribution is -2.44. The summed E-state index contributed by atoms with van der Waals surface area (Å²) in [6.45, 7) is 0.437. The monoisotopic (exact) mass is 341 g/mol. The Morgan fingerprint density at radius 2 is 2.00 bits per heavy atom. The Hall–Kier alpha value is -1.56. The van der Waals surface area contributed by atoms with Crippen molar-refractivity contribution in [2.45, 2.75) is 31.7 Å². The fourth-order valence-electron chi connectivity index (χ4n) is 2.42. The summed E-state index contributed by atoms with van der Waals surface area (Å²) in [4.78, 5) is 25.2. The van der Waals surface area contributed by atoms with Gasteiger partial charge in [0.15, 0.2) is 0 Å². The number of halogens is 1.